The van der Waals surface area contributed by atoms with Crippen LogP contribution in [0.1, 0.15) is 40.5 Å². The summed E-state index contributed by atoms with van der Waals surface area (Å²) in [5, 5.41) is 8.46. The monoisotopic (exact) mass is 240 g/mol. The molecule has 0 heterocycles. The van der Waals surface area contributed by atoms with Crippen molar-refractivity contribution in [1.29, 1.82) is 0 Å². The molecule has 3 N–H and O–H groups in total. The predicted molar refractivity (Wildman–Crippen MR) is 58.9 cm³/mol. The standard InChI is InChI=1S/C5H11O5P.C4H10/c1-5(2,4(6)7)3-11(8,9)10;1-3-4-2/h3H2,1-2H3,(H,6,7)(H2,8,9,10);3-4H2,1-2H3. The number of carbonyl (C=O) groups is 1. The highest BCUT2D eigenvalue weighted by atomic mass is 31.2. The summed E-state index contributed by atoms with van der Waals surface area (Å²) >= 11 is 0. The molecule has 0 saturated heterocycles. The topological polar surface area (TPSA) is 94.8 Å². The third-order valence-electron chi connectivity index (χ3n) is 1.68. The minimum Gasteiger partial charge on any atom is -0.481 e. The maximum Gasteiger partial charge on any atom is 0.326 e. The molecule has 0 unspecified atom stereocenters. The first-order valence-corrected chi connectivity index (χ1v) is 6.64. The summed E-state index contributed by atoms with van der Waals surface area (Å²) in [6.07, 6.45) is 2.01. The number of unbranched alkanes of at least 4 members (excludes halogenated alkanes) is 1. The quantitative estimate of drug-likeness (QED) is 0.654. The first kappa shape index (κ1) is 17.0. The third-order valence-corrected chi connectivity index (χ3v) is 2.88. The Morgan fingerprint density at radius 2 is 1.53 bits per heavy atom. The van der Waals surface area contributed by atoms with E-state index in [-0.39, 0.29) is 0 Å². The molecule has 92 valence electrons. The van der Waals surface area contributed by atoms with E-state index in [1.165, 1.54) is 26.7 Å². The van der Waals surface area contributed by atoms with Crippen LogP contribution in [0.4, 0.5) is 0 Å². The molecule has 0 amide bonds. The molecule has 0 fully saturated rings. The van der Waals surface area contributed by atoms with E-state index in [0.717, 1.165) is 0 Å². The highest BCUT2D eigenvalue weighted by Gasteiger charge is 2.34. The van der Waals surface area contributed by atoms with Crippen LogP contribution < -0.4 is 0 Å². The summed E-state index contributed by atoms with van der Waals surface area (Å²) in [5.41, 5.74) is -1.36. The molecule has 0 aliphatic carbocycles. The summed E-state index contributed by atoms with van der Waals surface area (Å²) in [6.45, 7) is 6.91. The van der Waals surface area contributed by atoms with Crippen molar-refractivity contribution in [3.05, 3.63) is 0 Å². The summed E-state index contributed by atoms with van der Waals surface area (Å²) < 4.78 is 10.4. The minimum atomic E-state index is -4.22. The second-order valence-corrected chi connectivity index (χ2v) is 5.66. The van der Waals surface area contributed by atoms with Crippen LogP contribution in [0.15, 0.2) is 0 Å². The van der Waals surface area contributed by atoms with Gasteiger partial charge in [-0.3, -0.25) is 9.36 Å². The Kier molecular flexibility index (Phi) is 7.93. The van der Waals surface area contributed by atoms with Crippen LogP contribution in [-0.2, 0) is 9.36 Å². The van der Waals surface area contributed by atoms with Crippen LogP contribution in [0.3, 0.4) is 0 Å². The van der Waals surface area contributed by atoms with E-state index in [2.05, 4.69) is 13.8 Å². The number of aliphatic carboxylic acids is 1. The van der Waals surface area contributed by atoms with E-state index in [0.29, 0.717) is 0 Å². The lowest BCUT2D eigenvalue weighted by Crippen LogP contribution is -2.27. The molecule has 0 saturated carbocycles. The zero-order valence-electron chi connectivity index (χ0n) is 9.73. The second-order valence-electron chi connectivity index (χ2n) is 4.01. The van der Waals surface area contributed by atoms with Gasteiger partial charge in [-0.15, -0.1) is 0 Å². The van der Waals surface area contributed by atoms with Gasteiger partial charge in [0, 0.05) is 0 Å². The minimum absolute atomic E-state index is 0.630. The Hall–Kier alpha value is -0.380. The number of hydrogen-bond acceptors (Lipinski definition) is 2. The van der Waals surface area contributed by atoms with E-state index in [1.54, 1.807) is 0 Å². The van der Waals surface area contributed by atoms with Gasteiger partial charge >= 0.3 is 13.6 Å². The molecule has 0 bridgehead atoms. The van der Waals surface area contributed by atoms with E-state index in [1.807, 2.05) is 0 Å². The van der Waals surface area contributed by atoms with Crippen molar-refractivity contribution >= 4 is 13.6 Å². The molecule has 0 aliphatic rings. The van der Waals surface area contributed by atoms with Crippen molar-refractivity contribution < 1.29 is 24.3 Å². The maximum absolute atomic E-state index is 10.4. The lowest BCUT2D eigenvalue weighted by Gasteiger charge is -2.18. The lowest BCUT2D eigenvalue weighted by atomic mass is 9.97. The van der Waals surface area contributed by atoms with Gasteiger partial charge in [-0.25, -0.2) is 0 Å². The van der Waals surface area contributed by atoms with Gasteiger partial charge in [-0.05, 0) is 13.8 Å². The van der Waals surface area contributed by atoms with Gasteiger partial charge in [-0.1, -0.05) is 26.7 Å². The first-order valence-electron chi connectivity index (χ1n) is 4.84. The van der Waals surface area contributed by atoms with Gasteiger partial charge in [0.05, 0.1) is 11.6 Å². The van der Waals surface area contributed by atoms with Crippen LogP contribution in [0.5, 0.6) is 0 Å². The van der Waals surface area contributed by atoms with Gasteiger partial charge in [0.15, 0.2) is 0 Å². The SMILES string of the molecule is CC(C)(CP(=O)(O)O)C(=O)O.CCCC. The summed E-state index contributed by atoms with van der Waals surface area (Å²) in [6, 6.07) is 0. The maximum atomic E-state index is 10.4. The highest BCUT2D eigenvalue weighted by molar-refractivity contribution is 7.51. The smallest absolute Gasteiger partial charge is 0.326 e. The zero-order valence-corrected chi connectivity index (χ0v) is 10.6. The largest absolute Gasteiger partial charge is 0.481 e. The molecule has 0 rings (SSSR count). The van der Waals surface area contributed by atoms with Crippen molar-refractivity contribution in [1.82, 2.24) is 0 Å². The van der Waals surface area contributed by atoms with Crippen molar-refractivity contribution in [2.24, 2.45) is 5.41 Å². The van der Waals surface area contributed by atoms with Crippen molar-refractivity contribution in [3.8, 4) is 0 Å². The number of carboxylic acid groups (broad SMARTS) is 1. The van der Waals surface area contributed by atoms with E-state index >= 15 is 0 Å². The molecule has 0 spiro atoms. The Balaban J connectivity index is 0. The molecule has 6 heteroatoms. The highest BCUT2D eigenvalue weighted by Crippen LogP contribution is 2.41. The van der Waals surface area contributed by atoms with E-state index < -0.39 is 25.1 Å². The van der Waals surface area contributed by atoms with Crippen molar-refractivity contribution in [3.63, 3.8) is 0 Å². The molecule has 15 heavy (non-hydrogen) atoms. The Labute approximate surface area is 90.7 Å². The Morgan fingerprint density at radius 3 is 1.60 bits per heavy atom. The second kappa shape index (κ2) is 6.99. The van der Waals surface area contributed by atoms with E-state index in [9.17, 15) is 9.36 Å². The molecule has 5 nitrogen and oxygen atoms in total. The number of carboxylic acids is 1. The van der Waals surface area contributed by atoms with Crippen molar-refractivity contribution in [2.75, 3.05) is 6.16 Å². The Bertz CT molecular complexity index is 229. The average molecular weight is 240 g/mol. The van der Waals surface area contributed by atoms with Crippen LogP contribution in [0.2, 0.25) is 0 Å². The van der Waals surface area contributed by atoms with Crippen molar-refractivity contribution in [2.45, 2.75) is 40.5 Å². The molecule has 0 aromatic carbocycles. The number of hydrogen-bond donors (Lipinski definition) is 3. The fourth-order valence-corrected chi connectivity index (χ4v) is 1.75. The van der Waals surface area contributed by atoms with Gasteiger partial charge in [0.2, 0.25) is 0 Å². The fourth-order valence-electron chi connectivity index (χ4n) is 0.583. The predicted octanol–water partition coefficient (Wildman–Crippen LogP) is 2.08. The lowest BCUT2D eigenvalue weighted by molar-refractivity contribution is -0.145. The summed E-state index contributed by atoms with van der Waals surface area (Å²) in [4.78, 5) is 27.3. The van der Waals surface area contributed by atoms with Crippen LogP contribution in [0.25, 0.3) is 0 Å². The third kappa shape index (κ3) is 11.5. The van der Waals surface area contributed by atoms with Gasteiger partial charge in [0.1, 0.15) is 0 Å². The molecule has 0 atom stereocenters. The summed E-state index contributed by atoms with van der Waals surface area (Å²) in [7, 11) is -4.22. The van der Waals surface area contributed by atoms with Crippen LogP contribution in [-0.4, -0.2) is 27.0 Å². The zero-order chi connectivity index (χ0) is 12.7. The molecular formula is C9H21O5P. The van der Waals surface area contributed by atoms with Gasteiger partial charge in [0.25, 0.3) is 0 Å². The molecule has 0 radical (unpaired) electrons. The average Bonchev–Trinajstić information content (AvgIpc) is 2.00. The van der Waals surface area contributed by atoms with Gasteiger partial charge in [-0.2, -0.15) is 0 Å². The first-order chi connectivity index (χ1) is 6.56. The summed E-state index contributed by atoms with van der Waals surface area (Å²) in [5.74, 6) is -1.21. The molecule has 0 aromatic heterocycles. The van der Waals surface area contributed by atoms with Crippen LogP contribution in [0, 0.1) is 5.41 Å². The fraction of sp³-hybridized carbons (Fsp3) is 0.889. The Morgan fingerprint density at radius 1 is 1.20 bits per heavy atom. The molecule has 0 aromatic rings. The normalized spacial score (nSPS) is 11.6. The van der Waals surface area contributed by atoms with Crippen LogP contribution >= 0.6 is 7.60 Å². The molecule has 0 aliphatic heterocycles. The number of rotatable bonds is 4. The molecular weight excluding hydrogens is 219 g/mol. The van der Waals surface area contributed by atoms with Gasteiger partial charge < -0.3 is 14.9 Å². The van der Waals surface area contributed by atoms with E-state index in [4.69, 9.17) is 14.9 Å².